The Morgan fingerprint density at radius 1 is 1.26 bits per heavy atom. The normalized spacial score (nSPS) is 19.3. The van der Waals surface area contributed by atoms with E-state index in [4.69, 9.17) is 11.6 Å². The van der Waals surface area contributed by atoms with Crippen molar-refractivity contribution >= 4 is 23.5 Å². The maximum Gasteiger partial charge on any atom is 0.315 e. The van der Waals surface area contributed by atoms with Gasteiger partial charge in [-0.2, -0.15) is 0 Å². The monoisotopic (exact) mass is 337 g/mol. The van der Waals surface area contributed by atoms with Gasteiger partial charge in [-0.25, -0.2) is 4.79 Å². The molecule has 1 saturated carbocycles. The van der Waals surface area contributed by atoms with Crippen LogP contribution in [0.2, 0.25) is 5.02 Å². The maximum atomic E-state index is 11.8. The minimum absolute atomic E-state index is 0.00968. The third kappa shape index (κ3) is 5.75. The number of urea groups is 1. The fourth-order valence-electron chi connectivity index (χ4n) is 2.39. The fraction of sp³-hybridized carbons (Fsp3) is 0.529. The van der Waals surface area contributed by atoms with Crippen LogP contribution in [0.3, 0.4) is 0 Å². The summed E-state index contributed by atoms with van der Waals surface area (Å²) < 4.78 is 0. The largest absolute Gasteiger partial charge is 0.356 e. The maximum absolute atomic E-state index is 11.8. The Balaban J connectivity index is 1.59. The molecule has 0 aliphatic heterocycles. The molecular weight excluding hydrogens is 314 g/mol. The first kappa shape index (κ1) is 17.6. The summed E-state index contributed by atoms with van der Waals surface area (Å²) in [6, 6.07) is 7.78. The van der Waals surface area contributed by atoms with Crippen LogP contribution < -0.4 is 16.0 Å². The smallest absolute Gasteiger partial charge is 0.315 e. The van der Waals surface area contributed by atoms with Crippen LogP contribution in [0.15, 0.2) is 24.3 Å². The molecule has 2 atom stereocenters. The molecule has 3 N–H and O–H groups in total. The summed E-state index contributed by atoms with van der Waals surface area (Å²) >= 11 is 5.98. The van der Waals surface area contributed by atoms with Crippen molar-refractivity contribution in [2.45, 2.75) is 38.6 Å². The Labute approximate surface area is 142 Å². The average molecular weight is 338 g/mol. The number of hydrogen-bond acceptors (Lipinski definition) is 2. The Bertz CT molecular complexity index is 563. The van der Waals surface area contributed by atoms with E-state index in [0.29, 0.717) is 25.4 Å². The van der Waals surface area contributed by atoms with Gasteiger partial charge in [-0.3, -0.25) is 4.79 Å². The van der Waals surface area contributed by atoms with Crippen molar-refractivity contribution in [1.82, 2.24) is 16.0 Å². The number of carbonyl (C=O) groups is 2. The van der Waals surface area contributed by atoms with Crippen LogP contribution >= 0.6 is 11.6 Å². The first-order valence-electron chi connectivity index (χ1n) is 8.05. The molecule has 1 fully saturated rings. The van der Waals surface area contributed by atoms with Gasteiger partial charge in [0.05, 0.1) is 0 Å². The average Bonchev–Trinajstić information content (AvgIpc) is 3.25. The molecule has 1 aliphatic carbocycles. The Kier molecular flexibility index (Phi) is 6.28. The van der Waals surface area contributed by atoms with Gasteiger partial charge in [-0.05, 0) is 30.5 Å². The topological polar surface area (TPSA) is 70.2 Å². The molecule has 126 valence electrons. The van der Waals surface area contributed by atoms with Gasteiger partial charge < -0.3 is 16.0 Å². The highest BCUT2D eigenvalue weighted by molar-refractivity contribution is 6.30. The summed E-state index contributed by atoms with van der Waals surface area (Å²) in [4.78, 5) is 23.2. The molecule has 1 aromatic rings. The third-order valence-corrected chi connectivity index (χ3v) is 4.08. The lowest BCUT2D eigenvalue weighted by molar-refractivity contribution is -0.123. The number of carbonyl (C=O) groups excluding carboxylic acids is 2. The molecule has 2 rings (SSSR count). The van der Waals surface area contributed by atoms with E-state index in [0.717, 1.165) is 11.4 Å². The number of halogens is 1. The molecule has 0 heterocycles. The third-order valence-electron chi connectivity index (χ3n) is 3.85. The number of hydrogen-bond donors (Lipinski definition) is 3. The molecule has 1 aliphatic rings. The van der Waals surface area contributed by atoms with Gasteiger partial charge in [-0.15, -0.1) is 0 Å². The Hall–Kier alpha value is -1.75. The minimum Gasteiger partial charge on any atom is -0.356 e. The lowest BCUT2D eigenvalue weighted by Crippen LogP contribution is -2.39. The van der Waals surface area contributed by atoms with E-state index in [2.05, 4.69) is 16.0 Å². The zero-order valence-corrected chi connectivity index (χ0v) is 14.3. The second-order valence-corrected chi connectivity index (χ2v) is 6.64. The van der Waals surface area contributed by atoms with Crippen LogP contribution in [-0.2, 0) is 4.79 Å². The van der Waals surface area contributed by atoms with Gasteiger partial charge in [-0.1, -0.05) is 37.6 Å². The van der Waals surface area contributed by atoms with Crippen molar-refractivity contribution in [3.8, 4) is 0 Å². The van der Waals surface area contributed by atoms with Gasteiger partial charge in [0.25, 0.3) is 0 Å². The van der Waals surface area contributed by atoms with Crippen molar-refractivity contribution in [3.63, 3.8) is 0 Å². The summed E-state index contributed by atoms with van der Waals surface area (Å²) in [6.07, 6.45) is 1.66. The van der Waals surface area contributed by atoms with Crippen molar-refractivity contribution in [1.29, 1.82) is 0 Å². The molecule has 23 heavy (non-hydrogen) atoms. The molecule has 0 radical (unpaired) electrons. The highest BCUT2D eigenvalue weighted by atomic mass is 35.5. The van der Waals surface area contributed by atoms with Crippen molar-refractivity contribution in [2.24, 2.45) is 5.92 Å². The molecule has 5 nitrogen and oxygen atoms in total. The summed E-state index contributed by atoms with van der Waals surface area (Å²) in [6.45, 7) is 4.82. The molecule has 0 aromatic heterocycles. The van der Waals surface area contributed by atoms with Gasteiger partial charge >= 0.3 is 6.03 Å². The van der Waals surface area contributed by atoms with E-state index in [1.807, 2.05) is 38.1 Å². The zero-order valence-electron chi connectivity index (χ0n) is 13.6. The zero-order chi connectivity index (χ0) is 16.8. The van der Waals surface area contributed by atoms with Crippen LogP contribution in [0.25, 0.3) is 0 Å². The lowest BCUT2D eigenvalue weighted by Gasteiger charge is -2.09. The quantitative estimate of drug-likeness (QED) is 0.669. The van der Waals surface area contributed by atoms with Crippen LogP contribution in [0.4, 0.5) is 4.79 Å². The highest BCUT2D eigenvalue weighted by Gasteiger charge is 2.39. The predicted octanol–water partition coefficient (Wildman–Crippen LogP) is 2.66. The summed E-state index contributed by atoms with van der Waals surface area (Å²) in [5.74, 6) is 0.381. The number of benzene rings is 1. The summed E-state index contributed by atoms with van der Waals surface area (Å²) in [5, 5.41) is 9.32. The van der Waals surface area contributed by atoms with Crippen molar-refractivity contribution in [3.05, 3.63) is 34.9 Å². The van der Waals surface area contributed by atoms with E-state index in [9.17, 15) is 9.59 Å². The molecule has 0 unspecified atom stereocenters. The van der Waals surface area contributed by atoms with Crippen molar-refractivity contribution < 1.29 is 9.59 Å². The lowest BCUT2D eigenvalue weighted by atomic mass is 10.1. The second kappa shape index (κ2) is 8.20. The highest BCUT2D eigenvalue weighted by Crippen LogP contribution is 2.41. The van der Waals surface area contributed by atoms with E-state index in [1.54, 1.807) is 0 Å². The minimum atomic E-state index is -0.158. The van der Waals surface area contributed by atoms with Crippen LogP contribution in [0.1, 0.15) is 38.2 Å². The van der Waals surface area contributed by atoms with Crippen molar-refractivity contribution in [2.75, 3.05) is 13.1 Å². The molecule has 6 heteroatoms. The van der Waals surface area contributed by atoms with Gasteiger partial charge in [0.15, 0.2) is 0 Å². The fourth-order valence-corrected chi connectivity index (χ4v) is 2.58. The number of amides is 3. The van der Waals surface area contributed by atoms with Crippen LogP contribution in [0.5, 0.6) is 0 Å². The summed E-state index contributed by atoms with van der Waals surface area (Å²) in [5.41, 5.74) is 1.17. The molecular formula is C17H24ClN3O2. The molecule has 0 saturated heterocycles. The Morgan fingerprint density at radius 2 is 2.00 bits per heavy atom. The van der Waals surface area contributed by atoms with Crippen LogP contribution in [-0.4, -0.2) is 31.1 Å². The van der Waals surface area contributed by atoms with Gasteiger partial charge in [0, 0.05) is 36.0 Å². The van der Waals surface area contributed by atoms with E-state index >= 15 is 0 Å². The Morgan fingerprint density at radius 3 is 2.70 bits per heavy atom. The SMILES string of the molecule is CC(C)C(=O)NCCCNC(=O)N[C@@H]1C[C@H]1c1cccc(Cl)c1. The van der Waals surface area contributed by atoms with Gasteiger partial charge in [0.2, 0.25) is 5.91 Å². The summed E-state index contributed by atoms with van der Waals surface area (Å²) in [7, 11) is 0. The van der Waals surface area contributed by atoms with E-state index < -0.39 is 0 Å². The number of rotatable bonds is 7. The first-order valence-corrected chi connectivity index (χ1v) is 8.42. The predicted molar refractivity (Wildman–Crippen MR) is 91.6 cm³/mol. The second-order valence-electron chi connectivity index (χ2n) is 6.20. The molecule has 3 amide bonds. The standard InChI is InChI=1S/C17H24ClN3O2/c1-11(2)16(22)19-7-4-8-20-17(23)21-15-10-14(15)12-5-3-6-13(18)9-12/h3,5-6,9,11,14-15H,4,7-8,10H2,1-2H3,(H,19,22)(H2,20,21,23)/t14-,15+/m0/s1. The molecule has 0 spiro atoms. The first-order chi connectivity index (χ1) is 11.0. The molecule has 0 bridgehead atoms. The van der Waals surface area contributed by atoms with Crippen LogP contribution in [0, 0.1) is 5.92 Å². The van der Waals surface area contributed by atoms with E-state index in [-0.39, 0.29) is 23.9 Å². The number of nitrogens with one attached hydrogen (secondary N) is 3. The van der Waals surface area contributed by atoms with Gasteiger partial charge in [0.1, 0.15) is 0 Å². The molecule has 1 aromatic carbocycles. The van der Waals surface area contributed by atoms with E-state index in [1.165, 1.54) is 5.56 Å².